The van der Waals surface area contributed by atoms with Gasteiger partial charge in [-0.1, -0.05) is 12.2 Å². The Balaban J connectivity index is 1.62. The molecule has 2 aliphatic heterocycles. The smallest absolute Gasteiger partial charge is 0.356 e. The maximum absolute atomic E-state index is 12.3. The Morgan fingerprint density at radius 3 is 2.92 bits per heavy atom. The van der Waals surface area contributed by atoms with Crippen LogP contribution in [-0.4, -0.2) is 64.3 Å². The molecule has 0 bridgehead atoms. The zero-order valence-electron chi connectivity index (χ0n) is 13.7. The van der Waals surface area contributed by atoms with E-state index >= 15 is 0 Å². The van der Waals surface area contributed by atoms with Crippen LogP contribution in [0.4, 0.5) is 0 Å². The molecule has 3 rings (SSSR count). The van der Waals surface area contributed by atoms with E-state index < -0.39 is 23.3 Å². The van der Waals surface area contributed by atoms with Crippen LogP contribution in [0.1, 0.15) is 19.3 Å². The van der Waals surface area contributed by atoms with E-state index in [1.807, 2.05) is 6.08 Å². The molecular weight excluding hydrogens is 346 g/mol. The highest BCUT2D eigenvalue weighted by Gasteiger charge is 2.54. The van der Waals surface area contributed by atoms with Gasteiger partial charge in [-0.15, -0.1) is 11.8 Å². The Hall–Kier alpha value is -2.29. The first-order chi connectivity index (χ1) is 12.0. The lowest BCUT2D eigenvalue weighted by atomic mass is 10.0. The summed E-state index contributed by atoms with van der Waals surface area (Å²) in [6.45, 7) is -0.0186. The number of fused-ring (bicyclic) bond motifs is 1. The van der Waals surface area contributed by atoms with Gasteiger partial charge in [0.1, 0.15) is 23.7 Å². The van der Waals surface area contributed by atoms with Crippen LogP contribution >= 0.6 is 11.8 Å². The molecule has 25 heavy (non-hydrogen) atoms. The number of carbonyl (C=O) groups is 3. The zero-order valence-corrected chi connectivity index (χ0v) is 14.5. The number of allylic oxidation sites excluding steroid dienone is 2. The minimum absolute atomic E-state index is 0.0186. The number of nitrogens with one attached hydrogen (secondary N) is 1. The number of thioether (sulfide) groups is 1. The van der Waals surface area contributed by atoms with Crippen LogP contribution in [0.2, 0.25) is 0 Å². The largest absolute Gasteiger partial charge is 0.498 e. The number of rotatable bonds is 5. The predicted molar refractivity (Wildman–Crippen MR) is 92.0 cm³/mol. The molecule has 0 unspecified atom stereocenters. The third kappa shape index (κ3) is 3.41. The van der Waals surface area contributed by atoms with Crippen LogP contribution in [0.5, 0.6) is 0 Å². The fraction of sp³-hybridized carbons (Fsp3) is 0.500. The fourth-order valence-corrected chi connectivity index (χ4v) is 4.29. The van der Waals surface area contributed by atoms with Crippen molar-refractivity contribution in [2.24, 2.45) is 4.99 Å². The SMILES string of the molecule is COC1=C(C(=O)O)N2C(=O)[C@@H](NC(=O)CN=C3CC=CCC3)[C@@H]2SC1. The number of methoxy groups -OCH3 is 1. The molecule has 2 heterocycles. The van der Waals surface area contributed by atoms with Crippen LogP contribution in [-0.2, 0) is 19.1 Å². The summed E-state index contributed by atoms with van der Waals surface area (Å²) in [5.41, 5.74) is 0.836. The van der Waals surface area contributed by atoms with E-state index in [2.05, 4.69) is 16.4 Å². The van der Waals surface area contributed by atoms with Gasteiger partial charge in [0.05, 0.1) is 12.9 Å². The van der Waals surface area contributed by atoms with Crippen molar-refractivity contribution >= 4 is 35.3 Å². The van der Waals surface area contributed by atoms with Crippen molar-refractivity contribution in [2.75, 3.05) is 19.4 Å². The molecule has 0 saturated carbocycles. The summed E-state index contributed by atoms with van der Waals surface area (Å²) in [6, 6.07) is -0.725. The van der Waals surface area contributed by atoms with E-state index in [1.54, 1.807) is 0 Å². The van der Waals surface area contributed by atoms with E-state index in [-0.39, 0.29) is 23.9 Å². The maximum atomic E-state index is 12.3. The van der Waals surface area contributed by atoms with Crippen molar-refractivity contribution in [1.29, 1.82) is 0 Å². The first kappa shape index (κ1) is 17.5. The monoisotopic (exact) mass is 365 g/mol. The molecule has 1 fully saturated rings. The number of carboxylic acids is 1. The Morgan fingerprint density at radius 1 is 1.48 bits per heavy atom. The quantitative estimate of drug-likeness (QED) is 0.543. The van der Waals surface area contributed by atoms with Gasteiger partial charge in [0.15, 0.2) is 5.70 Å². The second-order valence-electron chi connectivity index (χ2n) is 5.83. The Bertz CT molecular complexity index is 700. The maximum Gasteiger partial charge on any atom is 0.356 e. The highest BCUT2D eigenvalue weighted by Crippen LogP contribution is 2.40. The van der Waals surface area contributed by atoms with E-state index in [1.165, 1.54) is 23.8 Å². The van der Waals surface area contributed by atoms with Crippen LogP contribution < -0.4 is 5.32 Å². The summed E-state index contributed by atoms with van der Waals surface area (Å²) in [4.78, 5) is 41.3. The summed E-state index contributed by atoms with van der Waals surface area (Å²) in [5.74, 6) is -1.39. The van der Waals surface area contributed by atoms with Gasteiger partial charge in [0, 0.05) is 12.1 Å². The first-order valence-electron chi connectivity index (χ1n) is 7.94. The van der Waals surface area contributed by atoms with E-state index in [4.69, 9.17) is 4.74 Å². The Morgan fingerprint density at radius 2 is 2.28 bits per heavy atom. The first-order valence-corrected chi connectivity index (χ1v) is 8.99. The van der Waals surface area contributed by atoms with Crippen molar-refractivity contribution in [3.8, 4) is 0 Å². The van der Waals surface area contributed by atoms with Crippen molar-refractivity contribution in [3.63, 3.8) is 0 Å². The van der Waals surface area contributed by atoms with Gasteiger partial charge in [0.25, 0.3) is 5.91 Å². The second-order valence-corrected chi connectivity index (χ2v) is 6.94. The lowest BCUT2D eigenvalue weighted by Gasteiger charge is -2.48. The molecule has 1 aliphatic carbocycles. The summed E-state index contributed by atoms with van der Waals surface area (Å²) >= 11 is 1.37. The van der Waals surface area contributed by atoms with Crippen LogP contribution in [0.3, 0.4) is 0 Å². The number of hydrogen-bond acceptors (Lipinski definition) is 6. The van der Waals surface area contributed by atoms with Crippen LogP contribution in [0, 0.1) is 0 Å². The van der Waals surface area contributed by atoms with Crippen LogP contribution in [0.15, 0.2) is 28.6 Å². The Labute approximate surface area is 149 Å². The molecule has 0 radical (unpaired) electrons. The van der Waals surface area contributed by atoms with Gasteiger partial charge >= 0.3 is 5.97 Å². The predicted octanol–water partition coefficient (Wildman–Crippen LogP) is 0.510. The third-order valence-electron chi connectivity index (χ3n) is 4.26. The second kappa shape index (κ2) is 7.30. The fourth-order valence-electron chi connectivity index (χ4n) is 2.98. The van der Waals surface area contributed by atoms with Crippen LogP contribution in [0.25, 0.3) is 0 Å². The molecule has 2 amide bonds. The summed E-state index contributed by atoms with van der Waals surface area (Å²) in [5, 5.41) is 11.6. The Kier molecular flexibility index (Phi) is 5.12. The molecule has 2 N–H and O–H groups in total. The van der Waals surface area contributed by atoms with E-state index in [0.717, 1.165) is 25.0 Å². The molecule has 0 aromatic rings. The van der Waals surface area contributed by atoms with Gasteiger partial charge < -0.3 is 15.2 Å². The van der Waals surface area contributed by atoms with Gasteiger partial charge in [0.2, 0.25) is 5.91 Å². The molecule has 2 atom stereocenters. The highest BCUT2D eigenvalue weighted by atomic mass is 32.2. The van der Waals surface area contributed by atoms with Crippen molar-refractivity contribution in [2.45, 2.75) is 30.7 Å². The molecule has 3 aliphatic rings. The number of aliphatic carboxylic acids is 1. The van der Waals surface area contributed by atoms with Gasteiger partial charge in [-0.3, -0.25) is 19.5 Å². The standard InChI is InChI=1S/C16H19N3O5S/c1-24-10-8-25-15-12(14(21)19(15)13(10)16(22)23)18-11(20)7-17-9-5-3-2-4-6-9/h2-3,12,15H,4-8H2,1H3,(H,18,20)(H,22,23)/t12-,15+/m1/s1. The molecule has 0 aromatic carbocycles. The highest BCUT2D eigenvalue weighted by molar-refractivity contribution is 8.00. The van der Waals surface area contributed by atoms with Crippen molar-refractivity contribution in [3.05, 3.63) is 23.6 Å². The number of nitrogens with zero attached hydrogens (tertiary/aromatic N) is 2. The zero-order chi connectivity index (χ0) is 18.0. The third-order valence-corrected chi connectivity index (χ3v) is 5.52. The van der Waals surface area contributed by atoms with Crippen molar-refractivity contribution in [1.82, 2.24) is 10.2 Å². The number of aliphatic imine (C=N–C) groups is 1. The summed E-state index contributed by atoms with van der Waals surface area (Å²) in [7, 11) is 1.38. The number of carbonyl (C=O) groups excluding carboxylic acids is 2. The summed E-state index contributed by atoms with van der Waals surface area (Å²) < 4.78 is 5.06. The summed E-state index contributed by atoms with van der Waals surface area (Å²) in [6.07, 6.45) is 6.66. The number of amides is 2. The lowest BCUT2D eigenvalue weighted by Crippen LogP contribution is -2.70. The number of carboxylic acid groups (broad SMARTS) is 1. The average Bonchev–Trinajstić information content (AvgIpc) is 2.63. The molecule has 1 saturated heterocycles. The molecule has 0 aromatic heterocycles. The molecular formula is C16H19N3O5S. The van der Waals surface area contributed by atoms with E-state index in [9.17, 15) is 19.5 Å². The number of hydrogen-bond donors (Lipinski definition) is 2. The topological polar surface area (TPSA) is 108 Å². The average molecular weight is 365 g/mol. The normalized spacial score (nSPS) is 27.0. The van der Waals surface area contributed by atoms with Gasteiger partial charge in [-0.25, -0.2) is 4.79 Å². The number of ether oxygens (including phenoxy) is 1. The molecule has 9 heteroatoms. The molecule has 0 spiro atoms. The minimum Gasteiger partial charge on any atom is -0.498 e. The molecule has 134 valence electrons. The van der Waals surface area contributed by atoms with E-state index in [0.29, 0.717) is 5.75 Å². The number of β-lactam (4-membered cyclic amide) rings is 1. The van der Waals surface area contributed by atoms with Gasteiger partial charge in [-0.2, -0.15) is 0 Å². The van der Waals surface area contributed by atoms with Crippen molar-refractivity contribution < 1.29 is 24.2 Å². The van der Waals surface area contributed by atoms with Gasteiger partial charge in [-0.05, 0) is 12.8 Å². The minimum atomic E-state index is -1.21. The lowest BCUT2D eigenvalue weighted by molar-refractivity contribution is -0.151. The molecule has 8 nitrogen and oxygen atoms in total.